The number of nitrogens with zero attached hydrogens (tertiary/aromatic N) is 1. The molecule has 22 heavy (non-hydrogen) atoms. The van der Waals surface area contributed by atoms with E-state index >= 15 is 0 Å². The van der Waals surface area contributed by atoms with Gasteiger partial charge in [-0.05, 0) is 42.1 Å². The van der Waals surface area contributed by atoms with Crippen molar-refractivity contribution in [3.8, 4) is 0 Å². The molecule has 1 atom stereocenters. The van der Waals surface area contributed by atoms with Crippen LogP contribution < -0.4 is 9.62 Å². The number of thiophene rings is 1. The molecule has 0 bridgehead atoms. The fraction of sp³-hybridized carbons (Fsp3) is 0.214. The molecule has 1 aromatic carbocycles. The predicted molar refractivity (Wildman–Crippen MR) is 81.8 cm³/mol. The zero-order chi connectivity index (χ0) is 15.7. The molecule has 1 N–H and O–H groups in total. The summed E-state index contributed by atoms with van der Waals surface area (Å²) in [4.78, 5) is 13.8. The summed E-state index contributed by atoms with van der Waals surface area (Å²) in [5.41, 5.74) is 0.559. The summed E-state index contributed by atoms with van der Waals surface area (Å²) in [5.74, 6) is -0.711. The Kier molecular flexibility index (Phi) is 3.98. The smallest absolute Gasteiger partial charge is 0.250 e. The quantitative estimate of drug-likeness (QED) is 0.925. The lowest BCUT2D eigenvalue weighted by molar-refractivity contribution is -0.118. The lowest BCUT2D eigenvalue weighted by Crippen LogP contribution is -2.41. The molecule has 1 unspecified atom stereocenters. The van der Waals surface area contributed by atoms with Crippen LogP contribution in [0, 0.1) is 5.82 Å². The Hall–Kier alpha value is -1.77. The summed E-state index contributed by atoms with van der Waals surface area (Å²) >= 11 is 1.10. The number of hydrogen-bond donors (Lipinski definition) is 1. The number of carbonyl (C=O) groups is 1. The van der Waals surface area contributed by atoms with Crippen molar-refractivity contribution in [2.24, 2.45) is 0 Å². The van der Waals surface area contributed by atoms with Crippen LogP contribution in [-0.2, 0) is 14.8 Å². The lowest BCUT2D eigenvalue weighted by Gasteiger charge is -2.17. The van der Waals surface area contributed by atoms with E-state index in [1.165, 1.54) is 35.2 Å². The Morgan fingerprint density at radius 3 is 2.59 bits per heavy atom. The largest absolute Gasteiger partial charge is 0.311 e. The molecular formula is C14H13FN2O3S2. The van der Waals surface area contributed by atoms with Crippen molar-refractivity contribution in [1.29, 1.82) is 0 Å². The van der Waals surface area contributed by atoms with Crippen molar-refractivity contribution < 1.29 is 17.6 Å². The first kappa shape index (κ1) is 15.1. The zero-order valence-corrected chi connectivity index (χ0v) is 13.0. The molecule has 1 aliphatic heterocycles. The molecule has 1 aromatic heterocycles. The summed E-state index contributed by atoms with van der Waals surface area (Å²) < 4.78 is 39.9. The Morgan fingerprint density at radius 2 is 1.95 bits per heavy atom. The first-order valence-corrected chi connectivity index (χ1v) is 8.96. The molecule has 0 saturated carbocycles. The highest BCUT2D eigenvalue weighted by atomic mass is 32.2. The zero-order valence-electron chi connectivity index (χ0n) is 11.4. The number of hydrogen-bond acceptors (Lipinski definition) is 4. The fourth-order valence-corrected chi connectivity index (χ4v) is 4.56. The predicted octanol–water partition coefficient (Wildman–Crippen LogP) is 1.97. The molecule has 116 valence electrons. The second-order valence-electron chi connectivity index (χ2n) is 4.86. The number of nitrogens with one attached hydrogen (secondary N) is 1. The van der Waals surface area contributed by atoms with Crippen LogP contribution in [0.25, 0.3) is 0 Å². The van der Waals surface area contributed by atoms with Gasteiger partial charge in [0.1, 0.15) is 16.1 Å². The number of benzene rings is 1. The second kappa shape index (κ2) is 5.79. The molecule has 5 nitrogen and oxygen atoms in total. The number of amides is 1. The van der Waals surface area contributed by atoms with Crippen molar-refractivity contribution in [1.82, 2.24) is 4.72 Å². The maximum Gasteiger partial charge on any atom is 0.250 e. The molecule has 0 radical (unpaired) electrons. The monoisotopic (exact) mass is 340 g/mol. The van der Waals surface area contributed by atoms with Crippen molar-refractivity contribution in [3.05, 3.63) is 47.6 Å². The van der Waals surface area contributed by atoms with Crippen LogP contribution in [0.15, 0.2) is 46.0 Å². The van der Waals surface area contributed by atoms with Gasteiger partial charge in [0, 0.05) is 12.2 Å². The Labute approximate surface area is 131 Å². The third-order valence-corrected chi connectivity index (χ3v) is 6.27. The van der Waals surface area contributed by atoms with Crippen molar-refractivity contribution in [2.45, 2.75) is 16.7 Å². The SMILES string of the molecule is O=C1C(NS(=O)(=O)c2cccs2)CCN1c1ccc(F)cc1. The van der Waals surface area contributed by atoms with Crippen LogP contribution in [0.2, 0.25) is 0 Å². The molecule has 0 spiro atoms. The van der Waals surface area contributed by atoms with E-state index in [2.05, 4.69) is 4.72 Å². The molecule has 0 aliphatic carbocycles. The maximum absolute atomic E-state index is 12.9. The van der Waals surface area contributed by atoms with Crippen LogP contribution in [0.3, 0.4) is 0 Å². The van der Waals surface area contributed by atoms with E-state index in [1.807, 2.05) is 0 Å². The summed E-state index contributed by atoms with van der Waals surface area (Å²) in [6.07, 6.45) is 0.376. The maximum atomic E-state index is 12.9. The molecule has 8 heteroatoms. The van der Waals surface area contributed by atoms with Crippen LogP contribution >= 0.6 is 11.3 Å². The van der Waals surface area contributed by atoms with Gasteiger partial charge in [-0.1, -0.05) is 6.07 Å². The van der Waals surface area contributed by atoms with E-state index < -0.39 is 16.1 Å². The topological polar surface area (TPSA) is 66.5 Å². The average Bonchev–Trinajstić information content (AvgIpc) is 3.12. The van der Waals surface area contributed by atoms with E-state index in [1.54, 1.807) is 11.4 Å². The van der Waals surface area contributed by atoms with Gasteiger partial charge in [0.2, 0.25) is 5.91 Å². The summed E-state index contributed by atoms with van der Waals surface area (Å²) in [6.45, 7) is 0.391. The van der Waals surface area contributed by atoms with E-state index in [0.717, 1.165) is 11.3 Å². The minimum atomic E-state index is -3.68. The highest BCUT2D eigenvalue weighted by Gasteiger charge is 2.35. The molecule has 2 heterocycles. The first-order chi connectivity index (χ1) is 10.5. The summed E-state index contributed by atoms with van der Waals surface area (Å²) in [7, 11) is -3.68. The lowest BCUT2D eigenvalue weighted by atomic mass is 10.3. The number of halogens is 1. The number of anilines is 1. The van der Waals surface area contributed by atoms with E-state index in [-0.39, 0.29) is 15.9 Å². The van der Waals surface area contributed by atoms with Gasteiger partial charge in [-0.2, -0.15) is 4.72 Å². The highest BCUT2D eigenvalue weighted by molar-refractivity contribution is 7.91. The van der Waals surface area contributed by atoms with Crippen molar-refractivity contribution >= 4 is 33.0 Å². The van der Waals surface area contributed by atoms with Gasteiger partial charge in [0.25, 0.3) is 10.0 Å². The molecular weight excluding hydrogens is 327 g/mol. The minimum absolute atomic E-state index is 0.181. The molecule has 1 amide bonds. The van der Waals surface area contributed by atoms with Crippen LogP contribution in [0.5, 0.6) is 0 Å². The standard InChI is InChI=1S/C14H13FN2O3S2/c15-10-3-5-11(6-4-10)17-8-7-12(14(17)18)16-22(19,20)13-2-1-9-21-13/h1-6,9,12,16H,7-8H2. The van der Waals surface area contributed by atoms with Gasteiger partial charge in [-0.15, -0.1) is 11.3 Å². The van der Waals surface area contributed by atoms with Gasteiger partial charge in [0.15, 0.2) is 0 Å². The summed E-state index contributed by atoms with van der Waals surface area (Å²) in [6, 6.07) is 7.88. The third kappa shape index (κ3) is 2.90. The fourth-order valence-electron chi connectivity index (χ4n) is 2.33. The second-order valence-corrected chi connectivity index (χ2v) is 7.75. The number of sulfonamides is 1. The highest BCUT2D eigenvalue weighted by Crippen LogP contribution is 2.23. The summed E-state index contributed by atoms with van der Waals surface area (Å²) in [5, 5.41) is 1.66. The minimum Gasteiger partial charge on any atom is -0.311 e. The van der Waals surface area contributed by atoms with Gasteiger partial charge < -0.3 is 4.90 Å². The Morgan fingerprint density at radius 1 is 1.23 bits per heavy atom. The van der Waals surface area contributed by atoms with Crippen molar-refractivity contribution in [2.75, 3.05) is 11.4 Å². The van der Waals surface area contributed by atoms with Gasteiger partial charge in [-0.3, -0.25) is 4.79 Å². The molecule has 1 saturated heterocycles. The van der Waals surface area contributed by atoms with Gasteiger partial charge in [0.05, 0.1) is 0 Å². The first-order valence-electron chi connectivity index (χ1n) is 6.60. The molecule has 1 aliphatic rings. The van der Waals surface area contributed by atoms with Crippen molar-refractivity contribution in [3.63, 3.8) is 0 Å². The Balaban J connectivity index is 1.75. The Bertz CT molecular complexity index is 773. The number of carbonyl (C=O) groups excluding carboxylic acids is 1. The van der Waals surface area contributed by atoms with Gasteiger partial charge in [-0.25, -0.2) is 12.8 Å². The van der Waals surface area contributed by atoms with E-state index in [9.17, 15) is 17.6 Å². The average molecular weight is 340 g/mol. The molecule has 3 rings (SSSR count). The van der Waals surface area contributed by atoms with E-state index in [4.69, 9.17) is 0 Å². The van der Waals surface area contributed by atoms with E-state index in [0.29, 0.717) is 18.7 Å². The third-order valence-electron chi connectivity index (χ3n) is 3.40. The molecule has 2 aromatic rings. The number of rotatable bonds is 4. The van der Waals surface area contributed by atoms with Crippen LogP contribution in [0.1, 0.15) is 6.42 Å². The normalized spacial score (nSPS) is 18.9. The van der Waals surface area contributed by atoms with Crippen LogP contribution in [-0.4, -0.2) is 26.9 Å². The molecule has 1 fully saturated rings. The van der Waals surface area contributed by atoms with Crippen LogP contribution in [0.4, 0.5) is 10.1 Å². The van der Waals surface area contributed by atoms with Gasteiger partial charge >= 0.3 is 0 Å².